The van der Waals surface area contributed by atoms with E-state index in [9.17, 15) is 9.59 Å². The molecular formula is C20H24N4O3. The minimum Gasteiger partial charge on any atom is -0.481 e. The maximum atomic E-state index is 12.8. The van der Waals surface area contributed by atoms with Crippen LogP contribution in [0.3, 0.4) is 0 Å². The average Bonchev–Trinajstić information content (AvgIpc) is 2.73. The van der Waals surface area contributed by atoms with Gasteiger partial charge in [-0.25, -0.2) is 4.98 Å². The number of carbonyl (C=O) groups is 2. The summed E-state index contributed by atoms with van der Waals surface area (Å²) in [5, 5.41) is 0. The summed E-state index contributed by atoms with van der Waals surface area (Å²) in [4.78, 5) is 36.7. The van der Waals surface area contributed by atoms with Crippen LogP contribution >= 0.6 is 0 Å². The van der Waals surface area contributed by atoms with Crippen LogP contribution in [0, 0.1) is 0 Å². The number of piperidine rings is 1. The number of ether oxygens (including phenoxy) is 1. The molecule has 3 rings (SSSR count). The molecule has 1 atom stereocenters. The van der Waals surface area contributed by atoms with Gasteiger partial charge in [-0.05, 0) is 31.0 Å². The van der Waals surface area contributed by atoms with Crippen molar-refractivity contribution in [2.45, 2.75) is 18.8 Å². The van der Waals surface area contributed by atoms with Crippen LogP contribution in [-0.4, -0.2) is 65.9 Å². The molecule has 2 amide bonds. The first-order valence-electron chi connectivity index (χ1n) is 8.96. The van der Waals surface area contributed by atoms with Gasteiger partial charge in [-0.15, -0.1) is 0 Å². The summed E-state index contributed by atoms with van der Waals surface area (Å²) in [6, 6.07) is 7.12. The molecule has 7 nitrogen and oxygen atoms in total. The predicted molar refractivity (Wildman–Crippen MR) is 101 cm³/mol. The molecule has 2 aromatic heterocycles. The van der Waals surface area contributed by atoms with Crippen molar-refractivity contribution in [2.75, 3.05) is 34.3 Å². The summed E-state index contributed by atoms with van der Waals surface area (Å²) in [5.41, 5.74) is 2.03. The third-order valence-electron chi connectivity index (χ3n) is 4.76. The smallest absolute Gasteiger partial charge is 0.255 e. The van der Waals surface area contributed by atoms with Crippen LogP contribution in [-0.2, 0) is 0 Å². The molecule has 1 fully saturated rings. The average molecular weight is 368 g/mol. The molecule has 27 heavy (non-hydrogen) atoms. The third-order valence-corrected chi connectivity index (χ3v) is 4.76. The molecule has 1 aliphatic heterocycles. The lowest BCUT2D eigenvalue weighted by molar-refractivity contribution is 0.0705. The van der Waals surface area contributed by atoms with Crippen molar-refractivity contribution < 1.29 is 14.3 Å². The highest BCUT2D eigenvalue weighted by Gasteiger charge is 2.26. The number of hydrogen-bond acceptors (Lipinski definition) is 5. The van der Waals surface area contributed by atoms with Gasteiger partial charge in [0, 0.05) is 57.3 Å². The van der Waals surface area contributed by atoms with Crippen LogP contribution in [0.4, 0.5) is 0 Å². The van der Waals surface area contributed by atoms with Gasteiger partial charge in [0.1, 0.15) is 0 Å². The molecule has 0 aliphatic carbocycles. The Kier molecular flexibility index (Phi) is 5.69. The summed E-state index contributed by atoms with van der Waals surface area (Å²) in [7, 11) is 4.98. The molecule has 0 spiro atoms. The Morgan fingerprint density at radius 1 is 1.11 bits per heavy atom. The van der Waals surface area contributed by atoms with E-state index in [4.69, 9.17) is 4.74 Å². The Bertz CT molecular complexity index is 803. The van der Waals surface area contributed by atoms with Gasteiger partial charge in [-0.2, -0.15) is 0 Å². The lowest BCUT2D eigenvalue weighted by Gasteiger charge is -2.32. The lowest BCUT2D eigenvalue weighted by atomic mass is 9.93. The molecular weight excluding hydrogens is 344 g/mol. The minimum atomic E-state index is -0.0681. The van der Waals surface area contributed by atoms with Crippen molar-refractivity contribution in [2.24, 2.45) is 0 Å². The number of likely N-dealkylation sites (tertiary alicyclic amines) is 1. The highest BCUT2D eigenvalue weighted by molar-refractivity contribution is 5.94. The normalized spacial score (nSPS) is 16.7. The number of pyridine rings is 2. The maximum Gasteiger partial charge on any atom is 0.255 e. The van der Waals surface area contributed by atoms with Crippen LogP contribution in [0.25, 0.3) is 0 Å². The largest absolute Gasteiger partial charge is 0.481 e. The molecule has 0 unspecified atom stereocenters. The second kappa shape index (κ2) is 8.16. The van der Waals surface area contributed by atoms with E-state index in [1.54, 1.807) is 51.8 Å². The van der Waals surface area contributed by atoms with Gasteiger partial charge in [-0.1, -0.05) is 0 Å². The molecule has 2 aromatic rings. The first kappa shape index (κ1) is 18.8. The number of aromatic nitrogens is 2. The number of nitrogens with zero attached hydrogens (tertiary/aromatic N) is 4. The predicted octanol–water partition coefficient (Wildman–Crippen LogP) is 2.21. The zero-order valence-corrected chi connectivity index (χ0v) is 15.9. The standard InChI is InChI=1S/C20H24N4O3/c1-23(2)19(25)14-6-8-17(21-11-14)16-5-4-10-24(13-16)20(26)15-7-9-18(27-3)22-12-15/h6-9,11-12,16H,4-5,10,13H2,1-3H3/t16-/m0/s1. The number of hydrogen-bond donors (Lipinski definition) is 0. The van der Waals surface area contributed by atoms with E-state index in [2.05, 4.69) is 9.97 Å². The molecule has 0 saturated carbocycles. The van der Waals surface area contributed by atoms with E-state index in [1.165, 1.54) is 4.90 Å². The topological polar surface area (TPSA) is 75.6 Å². The van der Waals surface area contributed by atoms with Gasteiger partial charge in [-0.3, -0.25) is 14.6 Å². The van der Waals surface area contributed by atoms with Crippen LogP contribution < -0.4 is 4.74 Å². The van der Waals surface area contributed by atoms with E-state index in [-0.39, 0.29) is 17.7 Å². The Balaban J connectivity index is 1.70. The van der Waals surface area contributed by atoms with E-state index in [0.717, 1.165) is 25.1 Å². The van der Waals surface area contributed by atoms with Crippen molar-refractivity contribution in [3.05, 3.63) is 53.5 Å². The van der Waals surface area contributed by atoms with Crippen molar-refractivity contribution in [1.82, 2.24) is 19.8 Å². The van der Waals surface area contributed by atoms with Gasteiger partial charge >= 0.3 is 0 Å². The summed E-state index contributed by atoms with van der Waals surface area (Å²) in [5.74, 6) is 0.549. The Morgan fingerprint density at radius 3 is 2.44 bits per heavy atom. The fraction of sp³-hybridized carbons (Fsp3) is 0.400. The molecule has 3 heterocycles. The van der Waals surface area contributed by atoms with E-state index < -0.39 is 0 Å². The van der Waals surface area contributed by atoms with E-state index in [0.29, 0.717) is 23.6 Å². The molecule has 1 aliphatic rings. The monoisotopic (exact) mass is 368 g/mol. The molecule has 0 radical (unpaired) electrons. The first-order valence-corrected chi connectivity index (χ1v) is 8.96. The second-order valence-corrected chi connectivity index (χ2v) is 6.85. The Labute approximate surface area is 159 Å². The van der Waals surface area contributed by atoms with Crippen molar-refractivity contribution in [1.29, 1.82) is 0 Å². The molecule has 7 heteroatoms. The number of carbonyl (C=O) groups excluding carboxylic acids is 2. The van der Waals surface area contributed by atoms with Crippen LogP contribution in [0.5, 0.6) is 5.88 Å². The first-order chi connectivity index (χ1) is 13.0. The second-order valence-electron chi connectivity index (χ2n) is 6.85. The fourth-order valence-corrected chi connectivity index (χ4v) is 3.24. The van der Waals surface area contributed by atoms with E-state index >= 15 is 0 Å². The van der Waals surface area contributed by atoms with Crippen LogP contribution in [0.2, 0.25) is 0 Å². The van der Waals surface area contributed by atoms with Crippen LogP contribution in [0.15, 0.2) is 36.7 Å². The van der Waals surface area contributed by atoms with Crippen molar-refractivity contribution in [3.63, 3.8) is 0 Å². The number of methoxy groups -OCH3 is 1. The third kappa shape index (κ3) is 4.24. The fourth-order valence-electron chi connectivity index (χ4n) is 3.24. The summed E-state index contributed by atoms with van der Waals surface area (Å²) < 4.78 is 5.04. The molecule has 0 bridgehead atoms. The summed E-state index contributed by atoms with van der Waals surface area (Å²) in [6.45, 7) is 1.33. The minimum absolute atomic E-state index is 0.0331. The number of amides is 2. The SMILES string of the molecule is COc1ccc(C(=O)N2CCC[C@H](c3ccc(C(=O)N(C)C)cn3)C2)cn1. The number of rotatable bonds is 4. The molecule has 0 aromatic carbocycles. The zero-order valence-electron chi connectivity index (χ0n) is 15.9. The zero-order chi connectivity index (χ0) is 19.4. The van der Waals surface area contributed by atoms with Gasteiger partial charge in [0.2, 0.25) is 5.88 Å². The molecule has 0 N–H and O–H groups in total. The van der Waals surface area contributed by atoms with Gasteiger partial charge in [0.05, 0.1) is 18.2 Å². The van der Waals surface area contributed by atoms with Gasteiger partial charge in [0.15, 0.2) is 0 Å². The van der Waals surface area contributed by atoms with Crippen molar-refractivity contribution >= 4 is 11.8 Å². The van der Waals surface area contributed by atoms with E-state index in [1.807, 2.05) is 11.0 Å². The van der Waals surface area contributed by atoms with Gasteiger partial charge < -0.3 is 14.5 Å². The maximum absolute atomic E-state index is 12.8. The summed E-state index contributed by atoms with van der Waals surface area (Å²) >= 11 is 0. The highest BCUT2D eigenvalue weighted by atomic mass is 16.5. The van der Waals surface area contributed by atoms with Crippen molar-refractivity contribution in [3.8, 4) is 5.88 Å². The quantitative estimate of drug-likeness (QED) is 0.827. The Morgan fingerprint density at radius 2 is 1.85 bits per heavy atom. The van der Waals surface area contributed by atoms with Gasteiger partial charge in [0.25, 0.3) is 11.8 Å². The molecule has 1 saturated heterocycles. The Hall–Kier alpha value is -2.96. The van der Waals surface area contributed by atoms with Crippen LogP contribution in [0.1, 0.15) is 45.2 Å². The highest BCUT2D eigenvalue weighted by Crippen LogP contribution is 2.26. The molecule has 142 valence electrons. The summed E-state index contributed by atoms with van der Waals surface area (Å²) in [6.07, 6.45) is 5.05. The lowest BCUT2D eigenvalue weighted by Crippen LogP contribution is -2.39.